The van der Waals surface area contributed by atoms with Gasteiger partial charge in [0.15, 0.2) is 11.5 Å². The molecule has 2 heterocycles. The molecule has 0 atom stereocenters. The second kappa shape index (κ2) is 2.99. The Morgan fingerprint density at radius 1 is 1.57 bits per heavy atom. The molecule has 0 fully saturated rings. The number of methoxy groups -OCH3 is 1. The Hall–Kier alpha value is -2.11. The predicted molar refractivity (Wildman–Crippen MR) is 46.5 cm³/mol. The number of carbonyl (C=O) groups is 1. The van der Waals surface area contributed by atoms with E-state index >= 15 is 0 Å². The van der Waals surface area contributed by atoms with Crippen molar-refractivity contribution in [1.82, 2.24) is 14.6 Å². The largest absolute Gasteiger partial charge is 0.482 e. The molecule has 6 heteroatoms. The third-order valence-corrected chi connectivity index (χ3v) is 1.86. The molecule has 14 heavy (non-hydrogen) atoms. The first-order valence-corrected chi connectivity index (χ1v) is 3.84. The quantitative estimate of drug-likeness (QED) is 0.748. The molecule has 0 aliphatic carbocycles. The van der Waals surface area contributed by atoms with Crippen LogP contribution in [0.1, 0.15) is 10.4 Å². The van der Waals surface area contributed by atoms with Crippen LogP contribution in [-0.4, -0.2) is 32.8 Å². The Labute approximate surface area is 78.8 Å². The van der Waals surface area contributed by atoms with E-state index in [1.165, 1.54) is 23.9 Å². The Balaban J connectivity index is 2.78. The highest BCUT2D eigenvalue weighted by Crippen LogP contribution is 2.16. The van der Waals surface area contributed by atoms with Crippen LogP contribution in [-0.2, 0) is 0 Å². The van der Waals surface area contributed by atoms with E-state index in [4.69, 9.17) is 9.84 Å². The van der Waals surface area contributed by atoms with Crippen LogP contribution in [0, 0.1) is 0 Å². The second-order valence-electron chi connectivity index (χ2n) is 2.62. The van der Waals surface area contributed by atoms with Gasteiger partial charge in [-0.1, -0.05) is 0 Å². The zero-order chi connectivity index (χ0) is 10.1. The van der Waals surface area contributed by atoms with Crippen LogP contribution in [0.15, 0.2) is 18.5 Å². The molecule has 0 bridgehead atoms. The van der Waals surface area contributed by atoms with Gasteiger partial charge in [-0.05, 0) is 12.1 Å². The Morgan fingerprint density at radius 3 is 3.00 bits per heavy atom. The SMILES string of the molecule is COc1ccc(C(=O)O)c2nncn12. The van der Waals surface area contributed by atoms with Gasteiger partial charge < -0.3 is 9.84 Å². The molecule has 0 saturated heterocycles. The average molecular weight is 193 g/mol. The third-order valence-electron chi connectivity index (χ3n) is 1.86. The fourth-order valence-corrected chi connectivity index (χ4v) is 1.22. The number of aromatic carboxylic acids is 1. The minimum absolute atomic E-state index is 0.100. The Morgan fingerprint density at radius 2 is 2.36 bits per heavy atom. The number of rotatable bonds is 2. The summed E-state index contributed by atoms with van der Waals surface area (Å²) < 4.78 is 6.49. The smallest absolute Gasteiger partial charge is 0.339 e. The van der Waals surface area contributed by atoms with Gasteiger partial charge in [-0.3, -0.25) is 4.40 Å². The van der Waals surface area contributed by atoms with Crippen LogP contribution in [0.25, 0.3) is 5.65 Å². The first kappa shape index (κ1) is 8.49. The van der Waals surface area contributed by atoms with E-state index in [-0.39, 0.29) is 11.2 Å². The third kappa shape index (κ3) is 1.08. The topological polar surface area (TPSA) is 76.7 Å². The van der Waals surface area contributed by atoms with E-state index in [1.807, 2.05) is 0 Å². The maximum absolute atomic E-state index is 10.8. The standard InChI is InChI=1S/C8H7N3O3/c1-14-6-3-2-5(8(12)13)7-10-9-4-11(6)7/h2-4H,1H3,(H,12,13). The molecular formula is C8H7N3O3. The van der Waals surface area contributed by atoms with E-state index < -0.39 is 5.97 Å². The highest BCUT2D eigenvalue weighted by atomic mass is 16.5. The molecule has 0 amide bonds. The van der Waals surface area contributed by atoms with E-state index in [9.17, 15) is 4.79 Å². The van der Waals surface area contributed by atoms with E-state index in [0.717, 1.165) is 0 Å². The highest BCUT2D eigenvalue weighted by Gasteiger charge is 2.12. The van der Waals surface area contributed by atoms with Crippen molar-refractivity contribution in [2.75, 3.05) is 7.11 Å². The summed E-state index contributed by atoms with van der Waals surface area (Å²) in [5, 5.41) is 16.2. The van der Waals surface area contributed by atoms with Crippen LogP contribution in [0.4, 0.5) is 0 Å². The molecule has 2 rings (SSSR count). The van der Waals surface area contributed by atoms with E-state index in [0.29, 0.717) is 5.88 Å². The molecule has 0 spiro atoms. The fraction of sp³-hybridized carbons (Fsp3) is 0.125. The summed E-state index contributed by atoms with van der Waals surface area (Å²) >= 11 is 0. The van der Waals surface area contributed by atoms with Gasteiger partial charge in [0.05, 0.1) is 7.11 Å². The molecule has 2 aromatic heterocycles. The Bertz CT molecular complexity index is 492. The molecule has 0 radical (unpaired) electrons. The average Bonchev–Trinajstić information content (AvgIpc) is 2.64. The van der Waals surface area contributed by atoms with Gasteiger partial charge in [-0.25, -0.2) is 4.79 Å². The fourth-order valence-electron chi connectivity index (χ4n) is 1.22. The van der Waals surface area contributed by atoms with Crippen molar-refractivity contribution in [3.63, 3.8) is 0 Å². The minimum atomic E-state index is -1.04. The number of hydrogen-bond acceptors (Lipinski definition) is 4. The summed E-state index contributed by atoms with van der Waals surface area (Å²) in [6.45, 7) is 0. The van der Waals surface area contributed by atoms with Gasteiger partial charge in [-0.15, -0.1) is 10.2 Å². The minimum Gasteiger partial charge on any atom is -0.482 e. The lowest BCUT2D eigenvalue weighted by Gasteiger charge is -2.03. The number of carboxylic acid groups (broad SMARTS) is 1. The molecule has 0 saturated carbocycles. The molecule has 1 N–H and O–H groups in total. The highest BCUT2D eigenvalue weighted by molar-refractivity contribution is 5.94. The van der Waals surface area contributed by atoms with Crippen molar-refractivity contribution in [2.45, 2.75) is 0 Å². The number of ether oxygens (including phenoxy) is 1. The summed E-state index contributed by atoms with van der Waals surface area (Å²) in [5.74, 6) is -0.541. The Kier molecular flexibility index (Phi) is 1.81. The lowest BCUT2D eigenvalue weighted by atomic mass is 10.3. The normalized spacial score (nSPS) is 10.4. The molecule has 72 valence electrons. The van der Waals surface area contributed by atoms with Gasteiger partial charge in [0.1, 0.15) is 11.9 Å². The molecule has 0 unspecified atom stereocenters. The van der Waals surface area contributed by atoms with E-state index in [2.05, 4.69) is 10.2 Å². The molecule has 0 aliphatic heterocycles. The number of hydrogen-bond donors (Lipinski definition) is 1. The summed E-state index contributed by atoms with van der Waals surface area (Å²) in [6.07, 6.45) is 1.40. The number of carboxylic acids is 1. The zero-order valence-electron chi connectivity index (χ0n) is 7.34. The summed E-state index contributed by atoms with van der Waals surface area (Å²) in [6, 6.07) is 2.99. The molecule has 0 aliphatic rings. The number of fused-ring (bicyclic) bond motifs is 1. The maximum atomic E-state index is 10.8. The van der Waals surface area contributed by atoms with Gasteiger partial charge in [-0.2, -0.15) is 0 Å². The summed E-state index contributed by atoms with van der Waals surface area (Å²) in [4.78, 5) is 10.8. The zero-order valence-corrected chi connectivity index (χ0v) is 7.34. The lowest BCUT2D eigenvalue weighted by molar-refractivity contribution is 0.0698. The molecule has 2 aromatic rings. The number of pyridine rings is 1. The van der Waals surface area contributed by atoms with Crippen LogP contribution in [0.5, 0.6) is 5.88 Å². The summed E-state index contributed by atoms with van der Waals surface area (Å²) in [5.41, 5.74) is 0.375. The lowest BCUT2D eigenvalue weighted by Crippen LogP contribution is -2.02. The van der Waals surface area contributed by atoms with Crippen LogP contribution in [0.2, 0.25) is 0 Å². The van der Waals surface area contributed by atoms with Crippen molar-refractivity contribution < 1.29 is 14.6 Å². The van der Waals surface area contributed by atoms with Crippen LogP contribution >= 0.6 is 0 Å². The van der Waals surface area contributed by atoms with Gasteiger partial charge in [0.2, 0.25) is 0 Å². The van der Waals surface area contributed by atoms with E-state index in [1.54, 1.807) is 6.07 Å². The molecule has 6 nitrogen and oxygen atoms in total. The predicted octanol–water partition coefficient (Wildman–Crippen LogP) is 0.436. The van der Waals surface area contributed by atoms with Gasteiger partial charge >= 0.3 is 5.97 Å². The first-order chi connectivity index (χ1) is 6.74. The van der Waals surface area contributed by atoms with Crippen molar-refractivity contribution in [3.8, 4) is 5.88 Å². The molecule has 0 aromatic carbocycles. The monoisotopic (exact) mass is 193 g/mol. The second-order valence-corrected chi connectivity index (χ2v) is 2.62. The first-order valence-electron chi connectivity index (χ1n) is 3.84. The van der Waals surface area contributed by atoms with Gasteiger partial charge in [0.25, 0.3) is 0 Å². The van der Waals surface area contributed by atoms with Crippen LogP contribution < -0.4 is 4.74 Å². The summed E-state index contributed by atoms with van der Waals surface area (Å²) in [7, 11) is 1.50. The van der Waals surface area contributed by atoms with Crippen molar-refractivity contribution in [1.29, 1.82) is 0 Å². The van der Waals surface area contributed by atoms with Crippen molar-refractivity contribution in [2.24, 2.45) is 0 Å². The number of nitrogens with zero attached hydrogens (tertiary/aromatic N) is 3. The maximum Gasteiger partial charge on any atom is 0.339 e. The number of aromatic nitrogens is 3. The van der Waals surface area contributed by atoms with Crippen LogP contribution in [0.3, 0.4) is 0 Å². The molecular weight excluding hydrogens is 186 g/mol. The van der Waals surface area contributed by atoms with Gasteiger partial charge in [0, 0.05) is 0 Å². The van der Waals surface area contributed by atoms with Crippen molar-refractivity contribution in [3.05, 3.63) is 24.0 Å². The van der Waals surface area contributed by atoms with Crippen molar-refractivity contribution >= 4 is 11.6 Å².